The molecule has 0 saturated heterocycles. The smallest absolute Gasteiger partial charge is 0.269 e. The van der Waals surface area contributed by atoms with Gasteiger partial charge >= 0.3 is 0 Å². The third-order valence-electron chi connectivity index (χ3n) is 3.40. The van der Waals surface area contributed by atoms with Gasteiger partial charge in [-0.2, -0.15) is 11.8 Å². The maximum Gasteiger partial charge on any atom is 0.269 e. The minimum atomic E-state index is -0.467. The lowest BCUT2D eigenvalue weighted by Gasteiger charge is -2.10. The lowest BCUT2D eigenvalue weighted by molar-refractivity contribution is 0.0846. The van der Waals surface area contributed by atoms with Crippen LogP contribution in [0, 0.1) is 0 Å². The third kappa shape index (κ3) is 5.15. The predicted octanol–water partition coefficient (Wildman–Crippen LogP) is 2.64. The van der Waals surface area contributed by atoms with Crippen LogP contribution >= 0.6 is 11.8 Å². The number of ether oxygens (including phenoxy) is 2. The normalized spacial score (nSPS) is 10.0. The molecule has 0 fully saturated rings. The third-order valence-corrected chi connectivity index (χ3v) is 4.03. The Morgan fingerprint density at radius 1 is 0.920 bits per heavy atom. The number of rotatable bonds is 6. The first-order chi connectivity index (χ1) is 12.1. The van der Waals surface area contributed by atoms with E-state index in [1.54, 1.807) is 42.1 Å². The number of carbonyl (C=O) groups excluding carboxylic acids is 2. The molecule has 0 atom stereocenters. The van der Waals surface area contributed by atoms with E-state index < -0.39 is 5.91 Å². The highest BCUT2D eigenvalue weighted by Gasteiger charge is 2.12. The van der Waals surface area contributed by atoms with Crippen molar-refractivity contribution in [1.82, 2.24) is 10.9 Å². The van der Waals surface area contributed by atoms with Crippen LogP contribution in [0.25, 0.3) is 0 Å². The van der Waals surface area contributed by atoms with Gasteiger partial charge in [-0.05, 0) is 36.1 Å². The van der Waals surface area contributed by atoms with Crippen LogP contribution < -0.4 is 20.3 Å². The van der Waals surface area contributed by atoms with Crippen LogP contribution in [0.2, 0.25) is 0 Å². The SMILES string of the molecule is COc1cc(OC)cc(C(=O)NNC(=O)c2cccc(CSC)c2)c1. The number of benzene rings is 2. The van der Waals surface area contributed by atoms with Gasteiger partial charge in [0.1, 0.15) is 11.5 Å². The number of hydrogen-bond acceptors (Lipinski definition) is 5. The molecule has 0 spiro atoms. The summed E-state index contributed by atoms with van der Waals surface area (Å²) in [5.74, 6) is 0.940. The molecular weight excluding hydrogens is 340 g/mol. The summed E-state index contributed by atoms with van der Waals surface area (Å²) < 4.78 is 10.3. The van der Waals surface area contributed by atoms with E-state index in [0.717, 1.165) is 11.3 Å². The summed E-state index contributed by atoms with van der Waals surface area (Å²) in [5, 5.41) is 0. The average Bonchev–Trinajstić information content (AvgIpc) is 2.65. The molecular formula is C18H20N2O4S. The van der Waals surface area contributed by atoms with E-state index in [4.69, 9.17) is 9.47 Å². The summed E-state index contributed by atoms with van der Waals surface area (Å²) in [4.78, 5) is 24.4. The van der Waals surface area contributed by atoms with Crippen molar-refractivity contribution in [2.24, 2.45) is 0 Å². The highest BCUT2D eigenvalue weighted by atomic mass is 32.2. The second-order valence-electron chi connectivity index (χ2n) is 5.14. The Kier molecular flexibility index (Phi) is 6.71. The molecule has 6 nitrogen and oxygen atoms in total. The number of hydrogen-bond donors (Lipinski definition) is 2. The largest absolute Gasteiger partial charge is 0.497 e. The Morgan fingerprint density at radius 3 is 2.08 bits per heavy atom. The molecule has 2 rings (SSSR count). The zero-order valence-electron chi connectivity index (χ0n) is 14.3. The number of hydrazine groups is 1. The molecule has 2 aromatic rings. The summed E-state index contributed by atoms with van der Waals surface area (Å²) in [5.41, 5.74) is 6.65. The van der Waals surface area contributed by atoms with Crippen molar-refractivity contribution in [3.05, 3.63) is 59.2 Å². The zero-order valence-corrected chi connectivity index (χ0v) is 15.1. The quantitative estimate of drug-likeness (QED) is 0.775. The lowest BCUT2D eigenvalue weighted by Crippen LogP contribution is -2.41. The summed E-state index contributed by atoms with van der Waals surface area (Å²) in [7, 11) is 3.00. The van der Waals surface area contributed by atoms with E-state index in [2.05, 4.69) is 10.9 Å². The molecule has 0 unspecified atom stereocenters. The van der Waals surface area contributed by atoms with Crippen molar-refractivity contribution in [3.63, 3.8) is 0 Å². The summed E-state index contributed by atoms with van der Waals surface area (Å²) >= 11 is 1.67. The van der Waals surface area contributed by atoms with E-state index in [-0.39, 0.29) is 5.91 Å². The second kappa shape index (κ2) is 8.98. The summed E-state index contributed by atoms with van der Waals surface area (Å²) in [6.07, 6.45) is 2.00. The van der Waals surface area contributed by atoms with E-state index in [0.29, 0.717) is 22.6 Å². The fraction of sp³-hybridized carbons (Fsp3) is 0.222. The van der Waals surface area contributed by atoms with Gasteiger partial charge in [0.15, 0.2) is 0 Å². The maximum absolute atomic E-state index is 12.2. The molecule has 0 aliphatic rings. The molecule has 0 aliphatic heterocycles. The highest BCUT2D eigenvalue weighted by Crippen LogP contribution is 2.22. The minimum absolute atomic E-state index is 0.313. The van der Waals surface area contributed by atoms with Gasteiger partial charge in [0.25, 0.3) is 11.8 Å². The van der Waals surface area contributed by atoms with Crippen molar-refractivity contribution >= 4 is 23.6 Å². The summed E-state index contributed by atoms with van der Waals surface area (Å²) in [6.45, 7) is 0. The van der Waals surface area contributed by atoms with Gasteiger partial charge in [-0.25, -0.2) is 0 Å². The first-order valence-corrected chi connectivity index (χ1v) is 8.88. The van der Waals surface area contributed by atoms with Gasteiger partial charge in [0.05, 0.1) is 14.2 Å². The Morgan fingerprint density at radius 2 is 1.52 bits per heavy atom. The van der Waals surface area contributed by atoms with Gasteiger partial charge in [0.2, 0.25) is 0 Å². The molecule has 132 valence electrons. The first kappa shape index (κ1) is 18.7. The molecule has 7 heteroatoms. The fourth-order valence-electron chi connectivity index (χ4n) is 2.17. The van der Waals surface area contributed by atoms with E-state index >= 15 is 0 Å². The van der Waals surface area contributed by atoms with Crippen molar-refractivity contribution in [3.8, 4) is 11.5 Å². The molecule has 0 aliphatic carbocycles. The van der Waals surface area contributed by atoms with Gasteiger partial charge < -0.3 is 9.47 Å². The van der Waals surface area contributed by atoms with Crippen LogP contribution in [0.1, 0.15) is 26.3 Å². The average molecular weight is 360 g/mol. The first-order valence-electron chi connectivity index (χ1n) is 7.49. The van der Waals surface area contributed by atoms with Crippen molar-refractivity contribution in [1.29, 1.82) is 0 Å². The molecule has 25 heavy (non-hydrogen) atoms. The van der Waals surface area contributed by atoms with Crippen LogP contribution in [0.15, 0.2) is 42.5 Å². The zero-order chi connectivity index (χ0) is 18.2. The monoisotopic (exact) mass is 360 g/mol. The number of amides is 2. The van der Waals surface area contributed by atoms with E-state index in [9.17, 15) is 9.59 Å². The topological polar surface area (TPSA) is 76.7 Å². The summed E-state index contributed by atoms with van der Waals surface area (Å²) in [6, 6.07) is 12.0. The van der Waals surface area contributed by atoms with Crippen molar-refractivity contribution in [2.45, 2.75) is 5.75 Å². The lowest BCUT2D eigenvalue weighted by atomic mass is 10.1. The Hall–Kier alpha value is -2.67. The van der Waals surface area contributed by atoms with Gasteiger partial charge in [0, 0.05) is 22.9 Å². The van der Waals surface area contributed by atoms with Crippen LogP contribution in [0.5, 0.6) is 11.5 Å². The molecule has 2 aromatic carbocycles. The fourth-order valence-corrected chi connectivity index (χ4v) is 2.68. The van der Waals surface area contributed by atoms with E-state index in [1.807, 2.05) is 18.4 Å². The Balaban J connectivity index is 2.04. The van der Waals surface area contributed by atoms with Crippen molar-refractivity contribution < 1.29 is 19.1 Å². The molecule has 2 N–H and O–H groups in total. The molecule has 0 bridgehead atoms. The van der Waals surface area contributed by atoms with Gasteiger partial charge in [-0.15, -0.1) is 0 Å². The van der Waals surface area contributed by atoms with Gasteiger partial charge in [-0.1, -0.05) is 12.1 Å². The molecule has 0 radical (unpaired) electrons. The number of thioether (sulfide) groups is 1. The standard InChI is InChI=1S/C18H20N2O4S/c1-23-15-8-14(9-16(10-15)24-2)18(22)20-19-17(21)13-6-4-5-12(7-13)11-25-3/h4-10H,11H2,1-3H3,(H,19,21)(H,20,22). The molecule has 2 amide bonds. The molecule has 0 saturated carbocycles. The second-order valence-corrected chi connectivity index (χ2v) is 6.01. The van der Waals surface area contributed by atoms with Crippen LogP contribution in [0.3, 0.4) is 0 Å². The minimum Gasteiger partial charge on any atom is -0.497 e. The maximum atomic E-state index is 12.2. The van der Waals surface area contributed by atoms with Crippen LogP contribution in [0.4, 0.5) is 0 Å². The number of carbonyl (C=O) groups is 2. The number of methoxy groups -OCH3 is 2. The Labute approximate surface area is 150 Å². The van der Waals surface area contributed by atoms with Crippen molar-refractivity contribution in [2.75, 3.05) is 20.5 Å². The van der Waals surface area contributed by atoms with E-state index in [1.165, 1.54) is 14.2 Å². The number of nitrogens with one attached hydrogen (secondary N) is 2. The molecule has 0 aromatic heterocycles. The predicted molar refractivity (Wildman–Crippen MR) is 98.1 cm³/mol. The van der Waals surface area contributed by atoms with Gasteiger partial charge in [-0.3, -0.25) is 20.4 Å². The van der Waals surface area contributed by atoms with Crippen LogP contribution in [-0.4, -0.2) is 32.3 Å². The Bertz CT molecular complexity index is 742. The molecule has 0 heterocycles. The van der Waals surface area contributed by atoms with Crippen LogP contribution in [-0.2, 0) is 5.75 Å². The highest BCUT2D eigenvalue weighted by molar-refractivity contribution is 7.97.